The van der Waals surface area contributed by atoms with Crippen LogP contribution >= 0.6 is 11.5 Å². The van der Waals surface area contributed by atoms with Gasteiger partial charge >= 0.3 is 0 Å². The fourth-order valence-corrected chi connectivity index (χ4v) is 2.53. The normalized spacial score (nSPS) is 19.6. The Morgan fingerprint density at radius 1 is 1.44 bits per heavy atom. The highest BCUT2D eigenvalue weighted by Gasteiger charge is 2.16. The number of nitrogens with zero attached hydrogens (tertiary/aromatic N) is 3. The summed E-state index contributed by atoms with van der Waals surface area (Å²) in [6.07, 6.45) is 4.04. The molecule has 1 atom stereocenters. The zero-order valence-corrected chi connectivity index (χ0v) is 10.5. The summed E-state index contributed by atoms with van der Waals surface area (Å²) in [5.41, 5.74) is 5.47. The predicted octanol–water partition coefficient (Wildman–Crippen LogP) is 1.41. The lowest BCUT2D eigenvalue weighted by atomic mass is 10.1. The molecule has 0 bridgehead atoms. The first-order chi connectivity index (χ1) is 7.75. The summed E-state index contributed by atoms with van der Waals surface area (Å²) >= 11 is 1.32. The van der Waals surface area contributed by atoms with E-state index in [2.05, 4.69) is 26.5 Å². The molecular formula is C10H19N5S. The Kier molecular flexibility index (Phi) is 3.95. The second kappa shape index (κ2) is 5.45. The third-order valence-electron chi connectivity index (χ3n) is 3.00. The summed E-state index contributed by atoms with van der Waals surface area (Å²) in [6, 6.07) is 0.547. The number of hydrogen-bond acceptors (Lipinski definition) is 6. The minimum atomic E-state index is 0.359. The zero-order valence-electron chi connectivity index (χ0n) is 9.65. The fraction of sp³-hybridized carbons (Fsp3) is 0.800. The molecule has 1 aromatic rings. The average molecular weight is 241 g/mol. The maximum atomic E-state index is 5.47. The topological polar surface area (TPSA) is 67.1 Å². The van der Waals surface area contributed by atoms with Gasteiger partial charge in [-0.15, -0.1) is 0 Å². The first kappa shape index (κ1) is 11.6. The van der Waals surface area contributed by atoms with Crippen molar-refractivity contribution in [2.75, 3.05) is 30.7 Å². The van der Waals surface area contributed by atoms with E-state index in [0.29, 0.717) is 12.0 Å². The number of likely N-dealkylation sites (tertiary alicyclic amines) is 1. The van der Waals surface area contributed by atoms with Crippen LogP contribution in [-0.4, -0.2) is 39.9 Å². The molecule has 0 amide bonds. The van der Waals surface area contributed by atoms with Crippen molar-refractivity contribution in [3.8, 4) is 0 Å². The van der Waals surface area contributed by atoms with Crippen LogP contribution in [-0.2, 0) is 0 Å². The highest BCUT2D eigenvalue weighted by atomic mass is 32.1. The molecule has 2 heterocycles. The molecule has 0 aliphatic carbocycles. The van der Waals surface area contributed by atoms with Crippen LogP contribution < -0.4 is 11.1 Å². The molecule has 0 radical (unpaired) electrons. The number of piperidine rings is 1. The SMILES string of the molecule is CC(CNc1nc(N)ns1)N1CCCCC1. The second-order valence-electron chi connectivity index (χ2n) is 4.28. The summed E-state index contributed by atoms with van der Waals surface area (Å²) in [7, 11) is 0. The van der Waals surface area contributed by atoms with Crippen molar-refractivity contribution in [3.05, 3.63) is 0 Å². The van der Waals surface area contributed by atoms with Crippen LogP contribution in [0, 0.1) is 0 Å². The Morgan fingerprint density at radius 2 is 2.19 bits per heavy atom. The molecule has 90 valence electrons. The Balaban J connectivity index is 1.76. The van der Waals surface area contributed by atoms with Gasteiger partial charge in [-0.1, -0.05) is 6.42 Å². The first-order valence-corrected chi connectivity index (χ1v) is 6.60. The number of nitrogen functional groups attached to an aromatic ring is 1. The van der Waals surface area contributed by atoms with Gasteiger partial charge in [0.05, 0.1) is 0 Å². The van der Waals surface area contributed by atoms with Crippen molar-refractivity contribution in [2.24, 2.45) is 0 Å². The Morgan fingerprint density at radius 3 is 2.81 bits per heavy atom. The molecule has 3 N–H and O–H groups in total. The minimum absolute atomic E-state index is 0.359. The van der Waals surface area contributed by atoms with Crippen LogP contribution in [0.5, 0.6) is 0 Å². The van der Waals surface area contributed by atoms with Gasteiger partial charge in [-0.3, -0.25) is 4.90 Å². The van der Waals surface area contributed by atoms with Gasteiger partial charge in [-0.05, 0) is 32.9 Å². The average Bonchev–Trinajstić information content (AvgIpc) is 2.73. The molecule has 1 aromatic heterocycles. The molecule has 1 aliphatic rings. The monoisotopic (exact) mass is 241 g/mol. The van der Waals surface area contributed by atoms with Crippen molar-refractivity contribution in [3.63, 3.8) is 0 Å². The summed E-state index contributed by atoms with van der Waals surface area (Å²) < 4.78 is 3.94. The van der Waals surface area contributed by atoms with Crippen LogP contribution in [0.3, 0.4) is 0 Å². The van der Waals surface area contributed by atoms with Crippen molar-refractivity contribution in [2.45, 2.75) is 32.2 Å². The number of rotatable bonds is 4. The van der Waals surface area contributed by atoms with Gasteiger partial charge in [0.15, 0.2) is 0 Å². The van der Waals surface area contributed by atoms with E-state index in [1.165, 1.54) is 43.9 Å². The zero-order chi connectivity index (χ0) is 11.4. The van der Waals surface area contributed by atoms with Crippen LogP contribution in [0.4, 0.5) is 11.1 Å². The first-order valence-electron chi connectivity index (χ1n) is 5.83. The van der Waals surface area contributed by atoms with Crippen molar-refractivity contribution in [1.82, 2.24) is 14.3 Å². The quantitative estimate of drug-likeness (QED) is 0.834. The van der Waals surface area contributed by atoms with Gasteiger partial charge < -0.3 is 11.1 Å². The Hall–Kier alpha value is -0.880. The fourth-order valence-electron chi connectivity index (χ4n) is 2.03. The van der Waals surface area contributed by atoms with Gasteiger partial charge in [0.1, 0.15) is 0 Å². The lowest BCUT2D eigenvalue weighted by Gasteiger charge is -2.32. The van der Waals surface area contributed by atoms with Gasteiger partial charge in [-0.25, -0.2) is 0 Å². The largest absolute Gasteiger partial charge is 0.367 e. The van der Waals surface area contributed by atoms with Crippen molar-refractivity contribution < 1.29 is 0 Å². The summed E-state index contributed by atoms with van der Waals surface area (Å²) in [5.74, 6) is 0.359. The van der Waals surface area contributed by atoms with E-state index in [4.69, 9.17) is 5.73 Å². The minimum Gasteiger partial charge on any atom is -0.367 e. The second-order valence-corrected chi connectivity index (χ2v) is 5.04. The predicted molar refractivity (Wildman–Crippen MR) is 67.7 cm³/mol. The number of hydrogen-bond donors (Lipinski definition) is 2. The van der Waals surface area contributed by atoms with Crippen LogP contribution in [0.2, 0.25) is 0 Å². The molecule has 1 fully saturated rings. The highest BCUT2D eigenvalue weighted by Crippen LogP contribution is 2.14. The van der Waals surface area contributed by atoms with Gasteiger partial charge in [0.2, 0.25) is 11.1 Å². The van der Waals surface area contributed by atoms with Crippen LogP contribution in [0.25, 0.3) is 0 Å². The molecule has 16 heavy (non-hydrogen) atoms. The van der Waals surface area contributed by atoms with E-state index in [9.17, 15) is 0 Å². The van der Waals surface area contributed by atoms with Crippen LogP contribution in [0.1, 0.15) is 26.2 Å². The van der Waals surface area contributed by atoms with E-state index >= 15 is 0 Å². The third-order valence-corrected chi connectivity index (χ3v) is 3.69. The standard InChI is InChI=1S/C10H19N5S/c1-8(15-5-3-2-4-6-15)7-12-10-13-9(11)14-16-10/h8H,2-7H2,1H3,(H3,11,12,13,14). The number of nitrogens with two attached hydrogens (primary N) is 1. The Labute approximate surface area is 100 Å². The molecule has 2 rings (SSSR count). The van der Waals surface area contributed by atoms with E-state index in [1.54, 1.807) is 0 Å². The Bertz CT molecular complexity index is 321. The molecule has 1 unspecified atom stereocenters. The molecule has 0 spiro atoms. The molecule has 1 aliphatic heterocycles. The van der Waals surface area contributed by atoms with Crippen molar-refractivity contribution >= 4 is 22.6 Å². The van der Waals surface area contributed by atoms with Gasteiger partial charge in [-0.2, -0.15) is 9.36 Å². The summed E-state index contributed by atoms with van der Waals surface area (Å²) in [6.45, 7) is 5.61. The molecule has 5 nitrogen and oxygen atoms in total. The van der Waals surface area contributed by atoms with E-state index in [0.717, 1.165) is 11.7 Å². The smallest absolute Gasteiger partial charge is 0.233 e. The van der Waals surface area contributed by atoms with Crippen LogP contribution in [0.15, 0.2) is 0 Å². The van der Waals surface area contributed by atoms with Crippen molar-refractivity contribution in [1.29, 1.82) is 0 Å². The summed E-state index contributed by atoms with van der Waals surface area (Å²) in [4.78, 5) is 6.61. The lowest BCUT2D eigenvalue weighted by Crippen LogP contribution is -2.41. The maximum Gasteiger partial charge on any atom is 0.233 e. The highest BCUT2D eigenvalue weighted by molar-refractivity contribution is 7.09. The van der Waals surface area contributed by atoms with E-state index in [-0.39, 0.29) is 0 Å². The molecule has 0 aromatic carbocycles. The van der Waals surface area contributed by atoms with Gasteiger partial charge in [0, 0.05) is 24.1 Å². The lowest BCUT2D eigenvalue weighted by molar-refractivity contribution is 0.180. The molecule has 0 saturated carbocycles. The summed E-state index contributed by atoms with van der Waals surface area (Å²) in [5, 5.41) is 4.11. The van der Waals surface area contributed by atoms with E-state index < -0.39 is 0 Å². The third kappa shape index (κ3) is 3.05. The molecule has 6 heteroatoms. The molecule has 1 saturated heterocycles. The molecular weight excluding hydrogens is 222 g/mol. The van der Waals surface area contributed by atoms with Gasteiger partial charge in [0.25, 0.3) is 0 Å². The number of aromatic nitrogens is 2. The maximum absolute atomic E-state index is 5.47. The van der Waals surface area contributed by atoms with E-state index in [1.807, 2.05) is 0 Å². The number of nitrogens with one attached hydrogen (secondary N) is 1. The number of anilines is 2.